The van der Waals surface area contributed by atoms with Gasteiger partial charge in [0.25, 0.3) is 0 Å². The highest BCUT2D eigenvalue weighted by Gasteiger charge is 2.04. The van der Waals surface area contributed by atoms with Gasteiger partial charge in [-0.25, -0.2) is 9.97 Å². The zero-order valence-corrected chi connectivity index (χ0v) is 37.0. The average Bonchev–Trinajstić information content (AvgIpc) is 3.24. The van der Waals surface area contributed by atoms with Gasteiger partial charge in [-0.05, 0) is 145 Å². The van der Waals surface area contributed by atoms with E-state index in [2.05, 4.69) is 145 Å². The average molecular weight is 794 g/mol. The Hall–Kier alpha value is -4.50. The monoisotopic (exact) mass is 794 g/mol. The lowest BCUT2D eigenvalue weighted by molar-refractivity contribution is -0.561. The van der Waals surface area contributed by atoms with Gasteiger partial charge in [-0.1, -0.05) is 78.9 Å². The van der Waals surface area contributed by atoms with Gasteiger partial charge in [0.1, 0.15) is 5.69 Å². The molecule has 0 unspecified atom stereocenters. The predicted octanol–water partition coefficient (Wildman–Crippen LogP) is 6.46. The van der Waals surface area contributed by atoms with Crippen molar-refractivity contribution in [2.24, 2.45) is 5.73 Å². The van der Waals surface area contributed by atoms with Crippen LogP contribution in [0, 0.1) is 27.7 Å². The number of hydrogen-bond donors (Lipinski definition) is 5. The number of aromatic amines is 2. The van der Waals surface area contributed by atoms with E-state index in [0.717, 1.165) is 58.4 Å². The summed E-state index contributed by atoms with van der Waals surface area (Å²) in [5.74, 6) is 0. The lowest BCUT2D eigenvalue weighted by Crippen LogP contribution is -2.78. The molecule has 0 saturated heterocycles. The number of nitrogens with two attached hydrogens (primary N) is 2. The van der Waals surface area contributed by atoms with Crippen LogP contribution in [0.1, 0.15) is 110 Å². The number of aryl methyl sites for hydroxylation is 4. The van der Waals surface area contributed by atoms with E-state index in [0.29, 0.717) is 0 Å². The van der Waals surface area contributed by atoms with Crippen LogP contribution < -0.4 is 38.2 Å². The number of allylic oxidation sites excluding steroid dienone is 5. The first-order chi connectivity index (χ1) is 28.4. The third-order valence-corrected chi connectivity index (χ3v) is 9.60. The van der Waals surface area contributed by atoms with Gasteiger partial charge in [0.2, 0.25) is 0 Å². The number of rotatable bonds is 22. The van der Waals surface area contributed by atoms with E-state index in [-0.39, 0.29) is 0 Å². The minimum Gasteiger partial charge on any atom is -0.358 e. The number of para-hydroxylation sites is 1. The van der Waals surface area contributed by atoms with Crippen molar-refractivity contribution in [1.82, 2.24) is 0 Å². The van der Waals surface area contributed by atoms with E-state index >= 15 is 0 Å². The first-order valence-electron chi connectivity index (χ1n) is 21.9. The quantitative estimate of drug-likeness (QED) is 0.0346. The first kappa shape index (κ1) is 51.5. The van der Waals surface area contributed by atoms with Crippen molar-refractivity contribution in [3.05, 3.63) is 161 Å². The van der Waals surface area contributed by atoms with Crippen LogP contribution >= 0.6 is 0 Å². The van der Waals surface area contributed by atoms with Crippen LogP contribution in [0.3, 0.4) is 0 Å². The van der Waals surface area contributed by atoms with Crippen molar-refractivity contribution in [3.8, 4) is 0 Å². The number of benzene rings is 2. The fourth-order valence-electron chi connectivity index (χ4n) is 6.08. The molecule has 7 nitrogen and oxygen atoms in total. The Morgan fingerprint density at radius 1 is 0.500 bits per heavy atom. The van der Waals surface area contributed by atoms with Gasteiger partial charge in [0, 0.05) is 35.4 Å². The summed E-state index contributed by atoms with van der Waals surface area (Å²) in [6.07, 6.45) is 40.0. The number of pyridine rings is 2. The molecule has 0 radical (unpaired) electrons. The molecular weight excluding hydrogens is 711 g/mol. The summed E-state index contributed by atoms with van der Waals surface area (Å²) in [5, 5.41) is 2.33. The lowest BCUT2D eigenvalue weighted by atomic mass is 9.99. The molecule has 0 saturated carbocycles. The van der Waals surface area contributed by atoms with E-state index in [4.69, 9.17) is 5.73 Å². The summed E-state index contributed by atoms with van der Waals surface area (Å²) in [7, 11) is 0. The second-order valence-electron chi connectivity index (χ2n) is 14.7. The molecule has 2 heterocycles. The standard InChI is InChI=1S/C21H27N.C12H10N2.C10H22N2.C8H18N2/c1-16-10-8-11-17(2)20(16)14-6-5-7-15-22-21-18(3)12-9-13-19(21)4;1(11-3-7-13-8-4-11)2-12-5-9-14-10-6-12;11-9-7-5-3-1-2-4-6-8-10-12;9-7-5-3-1-2-4-6-8-10/h5,7-13,22H,6,14-15H2,1-4H3;1-10H;1-2H,3-12H2;1-2H,3-10H2/p+6/b;3*2-1+. The van der Waals surface area contributed by atoms with Crippen molar-refractivity contribution in [2.45, 2.75) is 105 Å². The number of unbranched alkanes of at least 4 members (excludes halogenated alkanes) is 6. The van der Waals surface area contributed by atoms with Crippen molar-refractivity contribution < 1.29 is 32.5 Å². The lowest BCUT2D eigenvalue weighted by Gasteiger charge is -2.08. The van der Waals surface area contributed by atoms with E-state index in [1.807, 2.05) is 49.1 Å². The van der Waals surface area contributed by atoms with Crippen LogP contribution in [0.2, 0.25) is 0 Å². The van der Waals surface area contributed by atoms with Gasteiger partial charge in [-0.3, -0.25) is 0 Å². The number of hydrogen-bond acceptors (Lipinski definition) is 1. The number of aromatic nitrogens is 2. The molecule has 2 aromatic carbocycles. The van der Waals surface area contributed by atoms with E-state index in [1.54, 1.807) is 0 Å². The fraction of sp³-hybridized carbons (Fsp3) is 0.412. The van der Waals surface area contributed by atoms with Crippen LogP contribution in [0.5, 0.6) is 0 Å². The third kappa shape index (κ3) is 27.2. The molecule has 0 aliphatic heterocycles. The molecule has 4 aromatic rings. The number of quaternary nitrogens is 4. The van der Waals surface area contributed by atoms with Gasteiger partial charge < -0.3 is 28.3 Å². The topological polar surface area (TPSA) is 154 Å². The summed E-state index contributed by atoms with van der Waals surface area (Å²) in [4.78, 5) is 5.98. The van der Waals surface area contributed by atoms with Crippen LogP contribution in [-0.2, 0) is 6.42 Å². The Balaban J connectivity index is 0.000000408. The summed E-state index contributed by atoms with van der Waals surface area (Å²) in [5.41, 5.74) is 27.6. The molecule has 7 heteroatoms. The highest BCUT2D eigenvalue weighted by Crippen LogP contribution is 2.16. The normalized spacial score (nSPS) is 11.0. The van der Waals surface area contributed by atoms with Gasteiger partial charge in [0.05, 0.1) is 26.2 Å². The minimum atomic E-state index is 0.805. The Kier molecular flexibility index (Phi) is 32.7. The van der Waals surface area contributed by atoms with Gasteiger partial charge >= 0.3 is 0 Å². The molecule has 4 rings (SSSR count). The summed E-state index contributed by atoms with van der Waals surface area (Å²) in [6.45, 7) is 13.8. The van der Waals surface area contributed by atoms with E-state index in [9.17, 15) is 0 Å². The fourth-order valence-corrected chi connectivity index (χ4v) is 6.08. The van der Waals surface area contributed by atoms with Gasteiger partial charge in [-0.2, -0.15) is 0 Å². The summed E-state index contributed by atoms with van der Waals surface area (Å²) in [6, 6.07) is 21.2. The molecule has 58 heavy (non-hydrogen) atoms. The molecule has 316 valence electrons. The molecule has 0 fully saturated rings. The Morgan fingerprint density at radius 2 is 0.914 bits per heavy atom. The molecular formula is C51H83N7+6. The smallest absolute Gasteiger partial charge is 0.167 e. The van der Waals surface area contributed by atoms with Gasteiger partial charge in [-0.15, -0.1) is 0 Å². The molecule has 0 spiro atoms. The maximum atomic E-state index is 5.33. The molecule has 0 amide bonds. The zero-order chi connectivity index (χ0) is 42.3. The molecule has 0 aliphatic rings. The van der Waals surface area contributed by atoms with Crippen LogP contribution in [0.4, 0.5) is 5.69 Å². The molecule has 2 aromatic heterocycles. The third-order valence-electron chi connectivity index (χ3n) is 9.60. The predicted molar refractivity (Wildman–Crippen MR) is 247 cm³/mol. The minimum absolute atomic E-state index is 0.805. The summed E-state index contributed by atoms with van der Waals surface area (Å²) >= 11 is 0. The summed E-state index contributed by atoms with van der Waals surface area (Å²) < 4.78 is 0. The van der Waals surface area contributed by atoms with Crippen molar-refractivity contribution >= 4 is 17.8 Å². The largest absolute Gasteiger partial charge is 0.358 e. The Labute approximate surface area is 353 Å². The highest BCUT2D eigenvalue weighted by molar-refractivity contribution is 5.68. The molecule has 0 atom stereocenters. The second kappa shape index (κ2) is 36.8. The second-order valence-corrected chi connectivity index (χ2v) is 14.7. The van der Waals surface area contributed by atoms with Crippen LogP contribution in [-0.4, -0.2) is 32.7 Å². The maximum Gasteiger partial charge on any atom is 0.167 e. The van der Waals surface area contributed by atoms with Gasteiger partial charge in [0.15, 0.2) is 24.8 Å². The zero-order valence-electron chi connectivity index (χ0n) is 37.0. The highest BCUT2D eigenvalue weighted by atomic mass is 14.9. The SMILES string of the molecule is C(=C\c1cc[nH+]cc1)/c1cc[nH+]cc1.Cc1cccc(C)c1CCC=CC[NH2+]c1c(C)cccc1C.NCCC/C=C/CCC[NH3+].[NH3+]CCCC/C=C/CCCC[NH3+]. The van der Waals surface area contributed by atoms with E-state index < -0.39 is 0 Å². The molecule has 15 N–H and O–H groups in total. The maximum absolute atomic E-state index is 5.33. The number of nitrogens with one attached hydrogen (secondary N) is 2. The molecule has 0 aliphatic carbocycles. The Bertz CT molecular complexity index is 1500. The number of H-pyrrole nitrogens is 2. The Morgan fingerprint density at radius 3 is 1.36 bits per heavy atom. The van der Waals surface area contributed by atoms with Crippen molar-refractivity contribution in [3.63, 3.8) is 0 Å². The van der Waals surface area contributed by atoms with Crippen LogP contribution in [0.15, 0.2) is 122 Å². The molecule has 0 bridgehead atoms. The van der Waals surface area contributed by atoms with Crippen molar-refractivity contribution in [1.29, 1.82) is 0 Å². The van der Waals surface area contributed by atoms with Crippen LogP contribution in [0.25, 0.3) is 12.2 Å². The van der Waals surface area contributed by atoms with Crippen molar-refractivity contribution in [2.75, 3.05) is 32.7 Å². The first-order valence-corrected chi connectivity index (χ1v) is 21.9. The van der Waals surface area contributed by atoms with E-state index in [1.165, 1.54) is 96.0 Å².